The summed E-state index contributed by atoms with van der Waals surface area (Å²) in [6, 6.07) is 14.2. The summed E-state index contributed by atoms with van der Waals surface area (Å²) in [4.78, 5) is 22.6. The Hall–Kier alpha value is -3.41. The summed E-state index contributed by atoms with van der Waals surface area (Å²) in [6.45, 7) is 1.21. The molecule has 5 nitrogen and oxygen atoms in total. The highest BCUT2D eigenvalue weighted by Gasteiger charge is 2.26. The zero-order valence-corrected chi connectivity index (χ0v) is 14.5. The molecule has 134 valence electrons. The van der Waals surface area contributed by atoms with Crippen LogP contribution in [0, 0.1) is 5.82 Å². The molecule has 3 heterocycles. The molecule has 1 amide bonds. The predicted molar refractivity (Wildman–Crippen MR) is 100 cm³/mol. The molecule has 2 aromatic carbocycles. The lowest BCUT2D eigenvalue weighted by molar-refractivity contribution is 0.0727. The standard InChI is InChI=1S/C21H17FN4O/c22-14-5-7-15(8-6-14)26-13-23-11-20(26)21(27)25-10-9-19-17(12-25)16-3-1-2-4-18(16)24-19/h1-8,11,13,24H,9-10,12H2. The van der Waals surface area contributed by atoms with Crippen molar-refractivity contribution in [2.75, 3.05) is 6.54 Å². The van der Waals surface area contributed by atoms with Crippen molar-refractivity contribution in [3.8, 4) is 5.69 Å². The Morgan fingerprint density at radius 3 is 2.78 bits per heavy atom. The highest BCUT2D eigenvalue weighted by molar-refractivity contribution is 5.94. The number of hydrogen-bond acceptors (Lipinski definition) is 2. The number of halogens is 1. The number of nitrogens with zero attached hydrogens (tertiary/aromatic N) is 3. The molecule has 0 aliphatic carbocycles. The van der Waals surface area contributed by atoms with Gasteiger partial charge in [0.2, 0.25) is 0 Å². The van der Waals surface area contributed by atoms with E-state index in [2.05, 4.69) is 22.1 Å². The molecular weight excluding hydrogens is 343 g/mol. The number of carbonyl (C=O) groups is 1. The number of rotatable bonds is 2. The molecule has 0 atom stereocenters. The summed E-state index contributed by atoms with van der Waals surface area (Å²) in [5.41, 5.74) is 4.67. The summed E-state index contributed by atoms with van der Waals surface area (Å²) >= 11 is 0. The molecule has 1 aliphatic rings. The van der Waals surface area contributed by atoms with E-state index < -0.39 is 0 Å². The summed E-state index contributed by atoms with van der Waals surface area (Å²) < 4.78 is 14.9. The molecule has 6 heteroatoms. The second-order valence-corrected chi connectivity index (χ2v) is 6.73. The van der Waals surface area contributed by atoms with Gasteiger partial charge in [-0.05, 0) is 30.3 Å². The molecule has 0 unspecified atom stereocenters. The maximum absolute atomic E-state index is 13.2. The van der Waals surface area contributed by atoms with Crippen molar-refractivity contribution in [2.24, 2.45) is 0 Å². The second-order valence-electron chi connectivity index (χ2n) is 6.73. The predicted octanol–water partition coefficient (Wildman–Crippen LogP) is 3.69. The maximum atomic E-state index is 13.2. The van der Waals surface area contributed by atoms with Gasteiger partial charge in [-0.2, -0.15) is 0 Å². The van der Waals surface area contributed by atoms with Crippen LogP contribution in [0.15, 0.2) is 61.1 Å². The van der Waals surface area contributed by atoms with Crippen molar-refractivity contribution in [3.05, 3.63) is 83.8 Å². The average molecular weight is 360 g/mol. The van der Waals surface area contributed by atoms with Gasteiger partial charge in [0.1, 0.15) is 11.5 Å². The third-order valence-corrected chi connectivity index (χ3v) is 5.13. The lowest BCUT2D eigenvalue weighted by atomic mass is 10.0. The van der Waals surface area contributed by atoms with E-state index in [0.717, 1.165) is 17.3 Å². The minimum atomic E-state index is -0.311. The topological polar surface area (TPSA) is 53.9 Å². The van der Waals surface area contributed by atoms with E-state index in [1.165, 1.54) is 23.4 Å². The van der Waals surface area contributed by atoms with Crippen molar-refractivity contribution in [1.29, 1.82) is 0 Å². The van der Waals surface area contributed by atoms with E-state index in [-0.39, 0.29) is 11.7 Å². The van der Waals surface area contributed by atoms with E-state index in [1.54, 1.807) is 29.2 Å². The van der Waals surface area contributed by atoms with Crippen molar-refractivity contribution < 1.29 is 9.18 Å². The zero-order chi connectivity index (χ0) is 18.4. The number of H-pyrrole nitrogens is 1. The molecule has 0 radical (unpaired) electrons. The van der Waals surface area contributed by atoms with Crippen LogP contribution in [0.1, 0.15) is 21.7 Å². The Morgan fingerprint density at radius 2 is 1.93 bits per heavy atom. The first kappa shape index (κ1) is 15.8. The van der Waals surface area contributed by atoms with E-state index in [1.807, 2.05) is 17.0 Å². The molecule has 2 aromatic heterocycles. The minimum Gasteiger partial charge on any atom is -0.358 e. The Labute approximate surface area is 155 Å². The highest BCUT2D eigenvalue weighted by Crippen LogP contribution is 2.28. The first-order valence-electron chi connectivity index (χ1n) is 8.87. The number of carbonyl (C=O) groups excluding carboxylic acids is 1. The molecule has 5 rings (SSSR count). The third-order valence-electron chi connectivity index (χ3n) is 5.13. The van der Waals surface area contributed by atoms with Crippen LogP contribution in [0.4, 0.5) is 4.39 Å². The van der Waals surface area contributed by atoms with Crippen LogP contribution in [0.3, 0.4) is 0 Å². The molecule has 1 aliphatic heterocycles. The molecule has 27 heavy (non-hydrogen) atoms. The highest BCUT2D eigenvalue weighted by atomic mass is 19.1. The van der Waals surface area contributed by atoms with Crippen LogP contribution in [0.5, 0.6) is 0 Å². The number of fused-ring (bicyclic) bond motifs is 3. The molecule has 0 saturated carbocycles. The van der Waals surface area contributed by atoms with Crippen molar-refractivity contribution in [3.63, 3.8) is 0 Å². The normalized spacial score (nSPS) is 13.7. The lowest BCUT2D eigenvalue weighted by Crippen LogP contribution is -2.36. The molecule has 1 N–H and O–H groups in total. The molecule has 0 fully saturated rings. The fraction of sp³-hybridized carbons (Fsp3) is 0.143. The van der Waals surface area contributed by atoms with Gasteiger partial charge in [0, 0.05) is 47.4 Å². The van der Waals surface area contributed by atoms with Crippen LogP contribution >= 0.6 is 0 Å². The number of hydrogen-bond donors (Lipinski definition) is 1. The van der Waals surface area contributed by atoms with Crippen LogP contribution < -0.4 is 0 Å². The quantitative estimate of drug-likeness (QED) is 0.593. The molecule has 0 saturated heterocycles. The van der Waals surface area contributed by atoms with Crippen molar-refractivity contribution in [2.45, 2.75) is 13.0 Å². The number of benzene rings is 2. The summed E-state index contributed by atoms with van der Waals surface area (Å²) in [7, 11) is 0. The van der Waals surface area contributed by atoms with Gasteiger partial charge in [0.15, 0.2) is 0 Å². The Bertz CT molecular complexity index is 1140. The molecule has 0 spiro atoms. The fourth-order valence-electron chi connectivity index (χ4n) is 3.76. The third kappa shape index (κ3) is 2.61. The largest absolute Gasteiger partial charge is 0.358 e. The molecular formula is C21H17FN4O. The van der Waals surface area contributed by atoms with E-state index in [0.29, 0.717) is 24.5 Å². The van der Waals surface area contributed by atoms with Gasteiger partial charge in [-0.1, -0.05) is 18.2 Å². The number of aromatic amines is 1. The van der Waals surface area contributed by atoms with E-state index >= 15 is 0 Å². The molecule has 4 aromatic rings. The van der Waals surface area contributed by atoms with Crippen LogP contribution in [-0.2, 0) is 13.0 Å². The van der Waals surface area contributed by atoms with Gasteiger partial charge < -0.3 is 9.88 Å². The maximum Gasteiger partial charge on any atom is 0.272 e. The van der Waals surface area contributed by atoms with Gasteiger partial charge in [-0.3, -0.25) is 9.36 Å². The van der Waals surface area contributed by atoms with Crippen LogP contribution in [0.25, 0.3) is 16.6 Å². The van der Waals surface area contributed by atoms with Gasteiger partial charge in [-0.15, -0.1) is 0 Å². The Balaban J connectivity index is 1.48. The van der Waals surface area contributed by atoms with Gasteiger partial charge in [-0.25, -0.2) is 9.37 Å². The number of nitrogens with one attached hydrogen (secondary N) is 1. The SMILES string of the molecule is O=C(c1cncn1-c1ccc(F)cc1)N1CCc2[nH]c3ccccc3c2C1. The minimum absolute atomic E-state index is 0.0762. The number of aromatic nitrogens is 3. The van der Waals surface area contributed by atoms with Gasteiger partial charge >= 0.3 is 0 Å². The second kappa shape index (κ2) is 6.09. The van der Waals surface area contributed by atoms with Crippen molar-refractivity contribution >= 4 is 16.8 Å². The summed E-state index contributed by atoms with van der Waals surface area (Å²) in [5.74, 6) is -0.387. The Morgan fingerprint density at radius 1 is 1.11 bits per heavy atom. The number of para-hydroxylation sites is 1. The van der Waals surface area contributed by atoms with E-state index in [4.69, 9.17) is 0 Å². The summed E-state index contributed by atoms with van der Waals surface area (Å²) in [6.07, 6.45) is 3.94. The first-order chi connectivity index (χ1) is 13.2. The smallest absolute Gasteiger partial charge is 0.272 e. The number of amides is 1. The zero-order valence-electron chi connectivity index (χ0n) is 14.5. The van der Waals surface area contributed by atoms with E-state index in [9.17, 15) is 9.18 Å². The van der Waals surface area contributed by atoms with Crippen molar-refractivity contribution in [1.82, 2.24) is 19.4 Å². The fourth-order valence-corrected chi connectivity index (χ4v) is 3.76. The summed E-state index contributed by atoms with van der Waals surface area (Å²) in [5, 5.41) is 1.16. The monoisotopic (exact) mass is 360 g/mol. The number of imidazole rings is 1. The molecule has 0 bridgehead atoms. The average Bonchev–Trinajstić information content (AvgIpc) is 3.32. The first-order valence-corrected chi connectivity index (χ1v) is 8.87. The lowest BCUT2D eigenvalue weighted by Gasteiger charge is -2.27. The van der Waals surface area contributed by atoms with Gasteiger partial charge in [0.05, 0.1) is 12.5 Å². The Kier molecular flexibility index (Phi) is 3.57. The van der Waals surface area contributed by atoms with Crippen LogP contribution in [0.2, 0.25) is 0 Å². The van der Waals surface area contributed by atoms with Crippen LogP contribution in [-0.4, -0.2) is 31.9 Å². The van der Waals surface area contributed by atoms with Gasteiger partial charge in [0.25, 0.3) is 5.91 Å².